The van der Waals surface area contributed by atoms with Crippen LogP contribution in [0.15, 0.2) is 18.8 Å². The number of anilines is 2. The minimum Gasteiger partial charge on any atom is -0.396 e. The van der Waals surface area contributed by atoms with Crippen molar-refractivity contribution >= 4 is 11.5 Å². The average molecular weight is 177 g/mol. The van der Waals surface area contributed by atoms with E-state index in [0.29, 0.717) is 11.5 Å². The van der Waals surface area contributed by atoms with Crippen molar-refractivity contribution in [2.45, 2.75) is 20.3 Å². The largest absolute Gasteiger partial charge is 0.396 e. The van der Waals surface area contributed by atoms with Gasteiger partial charge in [0.15, 0.2) is 5.82 Å². The lowest BCUT2D eigenvalue weighted by Crippen LogP contribution is -2.02. The molecule has 0 spiro atoms. The molecule has 1 aromatic rings. The third-order valence-corrected chi connectivity index (χ3v) is 1.97. The zero-order valence-electron chi connectivity index (χ0n) is 8.09. The van der Waals surface area contributed by atoms with Crippen molar-refractivity contribution in [3.05, 3.63) is 30.1 Å². The van der Waals surface area contributed by atoms with E-state index in [1.807, 2.05) is 13.0 Å². The second-order valence-electron chi connectivity index (χ2n) is 2.87. The second kappa shape index (κ2) is 3.94. The minimum atomic E-state index is 0.669. The van der Waals surface area contributed by atoms with E-state index in [1.165, 1.54) is 5.56 Å². The Morgan fingerprint density at radius 2 is 2.38 bits per heavy atom. The van der Waals surface area contributed by atoms with E-state index in [4.69, 9.17) is 5.73 Å². The molecule has 0 bridgehead atoms. The molecule has 13 heavy (non-hydrogen) atoms. The van der Waals surface area contributed by atoms with Crippen molar-refractivity contribution in [2.24, 2.45) is 0 Å². The van der Waals surface area contributed by atoms with Crippen LogP contribution in [0.1, 0.15) is 18.2 Å². The fourth-order valence-corrected chi connectivity index (χ4v) is 1.23. The third kappa shape index (κ3) is 1.99. The van der Waals surface area contributed by atoms with Gasteiger partial charge in [-0.1, -0.05) is 13.5 Å². The Bertz CT molecular complexity index is 318. The van der Waals surface area contributed by atoms with Crippen LogP contribution in [0.25, 0.3) is 0 Å². The van der Waals surface area contributed by atoms with Crippen LogP contribution < -0.4 is 11.1 Å². The van der Waals surface area contributed by atoms with Gasteiger partial charge in [-0.3, -0.25) is 0 Å². The number of pyridine rings is 1. The van der Waals surface area contributed by atoms with Gasteiger partial charge in [0.1, 0.15) is 0 Å². The number of hydrogen-bond donors (Lipinski definition) is 2. The Morgan fingerprint density at radius 3 is 2.92 bits per heavy atom. The first-order valence-corrected chi connectivity index (χ1v) is 4.32. The van der Waals surface area contributed by atoms with Crippen LogP contribution in [0.3, 0.4) is 0 Å². The topological polar surface area (TPSA) is 50.9 Å². The van der Waals surface area contributed by atoms with Crippen molar-refractivity contribution in [3.63, 3.8) is 0 Å². The molecular formula is C10H15N3. The molecule has 3 N–H and O–H groups in total. The first kappa shape index (κ1) is 9.58. The van der Waals surface area contributed by atoms with Crippen LogP contribution >= 0.6 is 0 Å². The summed E-state index contributed by atoms with van der Waals surface area (Å²) in [4.78, 5) is 4.33. The molecule has 0 aromatic carbocycles. The molecule has 0 aliphatic rings. The SMILES string of the molecule is C=CNc1nc(C)c(CC)cc1N. The molecule has 0 atom stereocenters. The van der Waals surface area contributed by atoms with Crippen molar-refractivity contribution in [1.29, 1.82) is 0 Å². The summed E-state index contributed by atoms with van der Waals surface area (Å²) in [6.45, 7) is 7.63. The maximum atomic E-state index is 5.78. The Labute approximate surface area is 78.7 Å². The standard InChI is InChI=1S/C10H15N3/c1-4-8-6-9(11)10(12-5-2)13-7(8)3/h5-6H,2,4,11H2,1,3H3,(H,12,13). The summed E-state index contributed by atoms with van der Waals surface area (Å²) in [6, 6.07) is 1.95. The van der Waals surface area contributed by atoms with Crippen LogP contribution in [0, 0.1) is 6.92 Å². The van der Waals surface area contributed by atoms with Gasteiger partial charge < -0.3 is 11.1 Å². The summed E-state index contributed by atoms with van der Waals surface area (Å²) >= 11 is 0. The van der Waals surface area contributed by atoms with Gasteiger partial charge in [-0.25, -0.2) is 4.98 Å². The minimum absolute atomic E-state index is 0.669. The van der Waals surface area contributed by atoms with Gasteiger partial charge in [-0.2, -0.15) is 0 Å². The van der Waals surface area contributed by atoms with Crippen LogP contribution in [0.4, 0.5) is 11.5 Å². The highest BCUT2D eigenvalue weighted by molar-refractivity contribution is 5.63. The number of nitrogens with one attached hydrogen (secondary N) is 1. The summed E-state index contributed by atoms with van der Waals surface area (Å²) in [7, 11) is 0. The molecule has 0 radical (unpaired) electrons. The number of nitrogens with two attached hydrogens (primary N) is 1. The first-order chi connectivity index (χ1) is 6.19. The third-order valence-electron chi connectivity index (χ3n) is 1.97. The molecule has 70 valence electrons. The first-order valence-electron chi connectivity index (χ1n) is 4.32. The van der Waals surface area contributed by atoms with Gasteiger partial charge >= 0.3 is 0 Å². The molecular weight excluding hydrogens is 162 g/mol. The van der Waals surface area contributed by atoms with E-state index in [2.05, 4.69) is 23.8 Å². The number of nitrogens with zero attached hydrogens (tertiary/aromatic N) is 1. The van der Waals surface area contributed by atoms with Gasteiger partial charge in [0.05, 0.1) is 5.69 Å². The Hall–Kier alpha value is -1.51. The molecule has 1 heterocycles. The van der Waals surface area contributed by atoms with Crippen molar-refractivity contribution < 1.29 is 0 Å². The highest BCUT2D eigenvalue weighted by Crippen LogP contribution is 2.19. The van der Waals surface area contributed by atoms with Gasteiger partial charge in [0.2, 0.25) is 0 Å². The molecule has 1 rings (SSSR count). The lowest BCUT2D eigenvalue weighted by Gasteiger charge is -2.08. The second-order valence-corrected chi connectivity index (χ2v) is 2.87. The molecule has 0 amide bonds. The molecule has 0 unspecified atom stereocenters. The predicted octanol–water partition coefficient (Wildman–Crippen LogP) is 2.09. The van der Waals surface area contributed by atoms with Gasteiger partial charge in [0.25, 0.3) is 0 Å². The number of rotatable bonds is 3. The summed E-state index contributed by atoms with van der Waals surface area (Å²) in [6.07, 6.45) is 2.53. The normalized spacial score (nSPS) is 9.69. The van der Waals surface area contributed by atoms with Crippen LogP contribution in [0.5, 0.6) is 0 Å². The number of aromatic nitrogens is 1. The number of hydrogen-bond acceptors (Lipinski definition) is 3. The van der Waals surface area contributed by atoms with E-state index >= 15 is 0 Å². The van der Waals surface area contributed by atoms with E-state index in [9.17, 15) is 0 Å². The lowest BCUT2D eigenvalue weighted by molar-refractivity contribution is 1.05. The lowest BCUT2D eigenvalue weighted by atomic mass is 10.1. The van der Waals surface area contributed by atoms with Crippen LogP contribution in [-0.4, -0.2) is 4.98 Å². The van der Waals surface area contributed by atoms with E-state index in [1.54, 1.807) is 6.20 Å². The molecule has 0 aliphatic carbocycles. The van der Waals surface area contributed by atoms with E-state index in [-0.39, 0.29) is 0 Å². The molecule has 1 aromatic heterocycles. The molecule has 0 fully saturated rings. The van der Waals surface area contributed by atoms with Gasteiger partial charge in [0, 0.05) is 5.69 Å². The van der Waals surface area contributed by atoms with Gasteiger partial charge in [-0.05, 0) is 31.2 Å². The van der Waals surface area contributed by atoms with Crippen LogP contribution in [0.2, 0.25) is 0 Å². The molecule has 0 saturated carbocycles. The average Bonchev–Trinajstić information content (AvgIpc) is 2.11. The maximum Gasteiger partial charge on any atom is 0.153 e. The van der Waals surface area contributed by atoms with Crippen molar-refractivity contribution in [3.8, 4) is 0 Å². The smallest absolute Gasteiger partial charge is 0.153 e. The highest BCUT2D eigenvalue weighted by Gasteiger charge is 2.03. The predicted molar refractivity (Wildman–Crippen MR) is 56.6 cm³/mol. The number of aryl methyl sites for hydroxylation is 2. The molecule has 3 nitrogen and oxygen atoms in total. The highest BCUT2D eigenvalue weighted by atomic mass is 15.0. The monoisotopic (exact) mass is 177 g/mol. The van der Waals surface area contributed by atoms with E-state index in [0.717, 1.165) is 12.1 Å². The summed E-state index contributed by atoms with van der Waals surface area (Å²) in [5.41, 5.74) is 8.65. The van der Waals surface area contributed by atoms with Crippen molar-refractivity contribution in [2.75, 3.05) is 11.1 Å². The summed E-state index contributed by atoms with van der Waals surface area (Å²) in [5.74, 6) is 0.685. The Morgan fingerprint density at radius 1 is 1.69 bits per heavy atom. The summed E-state index contributed by atoms with van der Waals surface area (Å²) in [5, 5.41) is 2.90. The zero-order valence-corrected chi connectivity index (χ0v) is 8.09. The molecule has 0 aliphatic heterocycles. The molecule has 3 heteroatoms. The van der Waals surface area contributed by atoms with Crippen molar-refractivity contribution in [1.82, 2.24) is 4.98 Å². The Balaban J connectivity index is 3.12. The Kier molecular flexibility index (Phi) is 2.90. The fourth-order valence-electron chi connectivity index (χ4n) is 1.23. The number of nitrogen functional groups attached to an aromatic ring is 1. The van der Waals surface area contributed by atoms with E-state index < -0.39 is 0 Å². The fraction of sp³-hybridized carbons (Fsp3) is 0.300. The van der Waals surface area contributed by atoms with Gasteiger partial charge in [-0.15, -0.1) is 0 Å². The summed E-state index contributed by atoms with van der Waals surface area (Å²) < 4.78 is 0. The zero-order chi connectivity index (χ0) is 9.84. The quantitative estimate of drug-likeness (QED) is 0.743. The van der Waals surface area contributed by atoms with Crippen LogP contribution in [-0.2, 0) is 6.42 Å². The maximum absolute atomic E-state index is 5.78. The molecule has 0 saturated heterocycles.